The van der Waals surface area contributed by atoms with Crippen molar-refractivity contribution in [3.63, 3.8) is 0 Å². The number of aromatic nitrogens is 1. The Bertz CT molecular complexity index is 2660. The molecule has 2 aliphatic rings. The highest BCUT2D eigenvalue weighted by Gasteiger charge is 2.53. The van der Waals surface area contributed by atoms with Crippen LogP contribution in [0.2, 0.25) is 0 Å². The average molecular weight is 644 g/mol. The molecule has 0 N–H and O–H groups in total. The molecule has 1 aromatic heterocycles. The zero-order valence-corrected chi connectivity index (χ0v) is 29.7. The highest BCUT2D eigenvalue weighted by atomic mass is 15.0. The molecule has 1 nitrogen and oxygen atoms in total. The van der Waals surface area contributed by atoms with Gasteiger partial charge in [-0.3, -0.25) is 0 Å². The van der Waals surface area contributed by atoms with Crippen molar-refractivity contribution < 1.29 is 0 Å². The van der Waals surface area contributed by atoms with Crippen LogP contribution in [0.3, 0.4) is 0 Å². The Morgan fingerprint density at radius 3 is 1.72 bits per heavy atom. The largest absolute Gasteiger partial charge is 0.309 e. The molecule has 0 radical (unpaired) electrons. The van der Waals surface area contributed by atoms with Gasteiger partial charge in [-0.25, -0.2) is 0 Å². The topological polar surface area (TPSA) is 4.93 Å². The van der Waals surface area contributed by atoms with Gasteiger partial charge in [0.05, 0.1) is 16.4 Å². The maximum absolute atomic E-state index is 2.57. The lowest BCUT2D eigenvalue weighted by atomic mass is 9.68. The van der Waals surface area contributed by atoms with Crippen LogP contribution in [0.5, 0.6) is 0 Å². The number of benzene rings is 7. The molecule has 0 atom stereocenters. The van der Waals surface area contributed by atoms with E-state index in [4.69, 9.17) is 0 Å². The fourth-order valence-corrected chi connectivity index (χ4v) is 9.24. The summed E-state index contributed by atoms with van der Waals surface area (Å²) in [6.45, 7) is 14.0. The maximum Gasteiger partial charge on any atom is 0.0746 e. The van der Waals surface area contributed by atoms with Crippen LogP contribution in [0.25, 0.3) is 60.5 Å². The summed E-state index contributed by atoms with van der Waals surface area (Å²) in [5.74, 6) is 0. The molecule has 242 valence electrons. The van der Waals surface area contributed by atoms with E-state index in [0.717, 1.165) is 0 Å². The normalized spacial score (nSPS) is 14.4. The van der Waals surface area contributed by atoms with Crippen LogP contribution < -0.4 is 0 Å². The second-order valence-electron chi connectivity index (χ2n) is 16.6. The van der Waals surface area contributed by atoms with E-state index >= 15 is 0 Å². The molecule has 0 bridgehead atoms. The molecule has 1 heterocycles. The van der Waals surface area contributed by atoms with Gasteiger partial charge in [-0.05, 0) is 89.9 Å². The summed E-state index contributed by atoms with van der Waals surface area (Å²) in [6, 6.07) is 53.4. The smallest absolute Gasteiger partial charge is 0.0746 e. The molecular weight excluding hydrogens is 603 g/mol. The average Bonchev–Trinajstić information content (AvgIpc) is 3.72. The second-order valence-corrected chi connectivity index (χ2v) is 16.6. The van der Waals surface area contributed by atoms with Gasteiger partial charge in [-0.15, -0.1) is 0 Å². The van der Waals surface area contributed by atoms with Crippen LogP contribution in [-0.4, -0.2) is 4.57 Å². The van der Waals surface area contributed by atoms with Gasteiger partial charge in [0.15, 0.2) is 0 Å². The van der Waals surface area contributed by atoms with Crippen molar-refractivity contribution in [2.24, 2.45) is 0 Å². The first kappa shape index (κ1) is 29.5. The molecule has 0 saturated carbocycles. The minimum Gasteiger partial charge on any atom is -0.309 e. The van der Waals surface area contributed by atoms with Crippen LogP contribution in [0.1, 0.15) is 74.9 Å². The summed E-state index contributed by atoms with van der Waals surface area (Å²) < 4.78 is 2.57. The highest BCUT2D eigenvalue weighted by Crippen LogP contribution is 2.65. The minimum absolute atomic E-state index is 0.00845. The van der Waals surface area contributed by atoms with Crippen molar-refractivity contribution in [1.29, 1.82) is 0 Å². The Labute approximate surface area is 294 Å². The summed E-state index contributed by atoms with van der Waals surface area (Å²) in [5.41, 5.74) is 17.0. The third-order valence-corrected chi connectivity index (χ3v) is 11.7. The molecule has 0 unspecified atom stereocenters. The van der Waals surface area contributed by atoms with Gasteiger partial charge in [0, 0.05) is 22.0 Å². The Morgan fingerprint density at radius 2 is 1.02 bits per heavy atom. The predicted molar refractivity (Wildman–Crippen MR) is 212 cm³/mol. The van der Waals surface area contributed by atoms with E-state index in [2.05, 4.69) is 186 Å². The maximum atomic E-state index is 2.57. The lowest BCUT2D eigenvalue weighted by Gasteiger charge is -2.33. The molecule has 0 fully saturated rings. The summed E-state index contributed by atoms with van der Waals surface area (Å²) in [7, 11) is 0. The van der Waals surface area contributed by atoms with Crippen molar-refractivity contribution in [2.75, 3.05) is 0 Å². The van der Waals surface area contributed by atoms with Crippen molar-refractivity contribution >= 4 is 32.6 Å². The monoisotopic (exact) mass is 643 g/mol. The van der Waals surface area contributed by atoms with Gasteiger partial charge in [-0.1, -0.05) is 163 Å². The van der Waals surface area contributed by atoms with E-state index in [1.54, 1.807) is 0 Å². The van der Waals surface area contributed by atoms with E-state index in [-0.39, 0.29) is 10.8 Å². The number of hydrogen-bond acceptors (Lipinski definition) is 0. The third-order valence-electron chi connectivity index (χ3n) is 11.7. The van der Waals surface area contributed by atoms with Crippen molar-refractivity contribution in [1.82, 2.24) is 4.57 Å². The molecule has 7 aromatic carbocycles. The quantitative estimate of drug-likeness (QED) is 0.168. The zero-order chi connectivity index (χ0) is 34.2. The molecule has 8 aromatic rings. The number of nitrogens with zero attached hydrogens (tertiary/aromatic N) is 1. The molecule has 1 spiro atoms. The second kappa shape index (κ2) is 9.86. The Morgan fingerprint density at radius 1 is 0.440 bits per heavy atom. The molecule has 10 rings (SSSR count). The number of rotatable bonds is 1. The van der Waals surface area contributed by atoms with Gasteiger partial charge in [-0.2, -0.15) is 0 Å². The van der Waals surface area contributed by atoms with Crippen LogP contribution in [0.4, 0.5) is 0 Å². The van der Waals surface area contributed by atoms with E-state index in [1.807, 2.05) is 0 Å². The van der Waals surface area contributed by atoms with E-state index < -0.39 is 5.41 Å². The summed E-state index contributed by atoms with van der Waals surface area (Å²) in [4.78, 5) is 0. The third kappa shape index (κ3) is 3.78. The van der Waals surface area contributed by atoms with Gasteiger partial charge in [0.2, 0.25) is 0 Å². The number of hydrogen-bond donors (Lipinski definition) is 0. The van der Waals surface area contributed by atoms with E-state index in [0.29, 0.717) is 0 Å². The molecule has 0 aliphatic heterocycles. The van der Waals surface area contributed by atoms with Crippen LogP contribution in [0.15, 0.2) is 140 Å². The summed E-state index contributed by atoms with van der Waals surface area (Å²) >= 11 is 0. The lowest BCUT2D eigenvalue weighted by Crippen LogP contribution is -2.28. The highest BCUT2D eigenvalue weighted by molar-refractivity contribution is 6.15. The molecule has 0 amide bonds. The van der Waals surface area contributed by atoms with Crippen LogP contribution in [0, 0.1) is 0 Å². The Balaban J connectivity index is 1.44. The Hall–Kier alpha value is -5.40. The fourth-order valence-electron chi connectivity index (χ4n) is 9.24. The number of para-hydroxylation sites is 1. The number of fused-ring (bicyclic) bond motifs is 15. The molecule has 2 aliphatic carbocycles. The van der Waals surface area contributed by atoms with Crippen LogP contribution >= 0.6 is 0 Å². The Kier molecular flexibility index (Phi) is 5.82. The summed E-state index contributed by atoms with van der Waals surface area (Å²) in [6.07, 6.45) is 0. The standard InChI is InChI=1S/C49H41N/c1-47(2,3)32-20-23-36-37-24-21-33(48(4,5)6)29-43(37)49(42(36)28-32)41-17-11-9-15-35(41)39-25-26-40-38-16-10-12-18-44(38)50(46(40)45(39)49)34-22-19-30-13-7-8-14-31(30)27-34/h7-29H,1-6H3. The summed E-state index contributed by atoms with van der Waals surface area (Å²) in [5, 5.41) is 5.10. The van der Waals surface area contributed by atoms with Gasteiger partial charge < -0.3 is 4.57 Å². The van der Waals surface area contributed by atoms with Gasteiger partial charge in [0.1, 0.15) is 0 Å². The first-order chi connectivity index (χ1) is 24.1. The van der Waals surface area contributed by atoms with Gasteiger partial charge in [0.25, 0.3) is 0 Å². The molecule has 1 heteroatoms. The lowest BCUT2D eigenvalue weighted by molar-refractivity contribution is 0.586. The molecule has 0 saturated heterocycles. The first-order valence-corrected chi connectivity index (χ1v) is 18.0. The zero-order valence-electron chi connectivity index (χ0n) is 29.7. The fraction of sp³-hybridized carbons (Fsp3) is 0.184. The minimum atomic E-state index is -0.485. The predicted octanol–water partition coefficient (Wildman–Crippen LogP) is 12.9. The van der Waals surface area contributed by atoms with Crippen molar-refractivity contribution in [3.8, 4) is 27.9 Å². The SMILES string of the molecule is CC(C)(C)c1ccc2c(c1)C1(c3cc(C(C)(C)C)ccc3-2)c2ccccc2-c2ccc3c4ccccc4n(-c4ccc5ccccc5c4)c3c21. The van der Waals surface area contributed by atoms with Crippen molar-refractivity contribution in [3.05, 3.63) is 173 Å². The van der Waals surface area contributed by atoms with Crippen molar-refractivity contribution in [2.45, 2.75) is 57.8 Å². The first-order valence-electron chi connectivity index (χ1n) is 18.0. The van der Waals surface area contributed by atoms with Crippen LogP contribution in [-0.2, 0) is 16.2 Å². The molecular formula is C49H41N. The van der Waals surface area contributed by atoms with E-state index in [9.17, 15) is 0 Å². The van der Waals surface area contributed by atoms with Gasteiger partial charge >= 0.3 is 0 Å². The van der Waals surface area contributed by atoms with E-state index in [1.165, 1.54) is 93.9 Å². The molecule has 50 heavy (non-hydrogen) atoms.